The highest BCUT2D eigenvalue weighted by Crippen LogP contribution is 2.34. The molecule has 0 aliphatic heterocycles. The number of hydrogen-bond donors (Lipinski definition) is 2. The van der Waals surface area contributed by atoms with Crippen LogP contribution in [0.5, 0.6) is 0 Å². The van der Waals surface area contributed by atoms with Crippen molar-refractivity contribution < 1.29 is 0 Å². The van der Waals surface area contributed by atoms with Crippen LogP contribution in [0.4, 0.5) is 0 Å². The van der Waals surface area contributed by atoms with Crippen LogP contribution in [0, 0.1) is 0 Å². The molecule has 0 saturated carbocycles. The molecule has 3 heteroatoms. The molecular formula is C14H19N3. The number of aromatic amines is 1. The van der Waals surface area contributed by atoms with Gasteiger partial charge >= 0.3 is 0 Å². The number of hydrazine groups is 1. The van der Waals surface area contributed by atoms with E-state index in [1.807, 2.05) is 5.01 Å². The topological polar surface area (TPSA) is 31.1 Å². The van der Waals surface area contributed by atoms with Gasteiger partial charge in [-0.05, 0) is 30.9 Å². The molecule has 1 aromatic carbocycles. The second-order valence-electron chi connectivity index (χ2n) is 5.03. The Balaban J connectivity index is 2.07. The van der Waals surface area contributed by atoms with Crippen LogP contribution in [0.25, 0.3) is 10.9 Å². The molecule has 1 unspecified atom stereocenters. The molecule has 3 rings (SSSR count). The number of aromatic nitrogens is 1. The van der Waals surface area contributed by atoms with E-state index < -0.39 is 0 Å². The minimum absolute atomic E-state index is 0.432. The van der Waals surface area contributed by atoms with Gasteiger partial charge in [0, 0.05) is 30.7 Å². The van der Waals surface area contributed by atoms with E-state index in [4.69, 9.17) is 0 Å². The molecule has 0 saturated heterocycles. The van der Waals surface area contributed by atoms with Gasteiger partial charge < -0.3 is 4.98 Å². The number of para-hydroxylation sites is 1. The zero-order chi connectivity index (χ0) is 11.8. The zero-order valence-electron chi connectivity index (χ0n) is 10.5. The molecule has 1 aromatic heterocycles. The van der Waals surface area contributed by atoms with Crippen molar-refractivity contribution in [3.8, 4) is 0 Å². The van der Waals surface area contributed by atoms with Gasteiger partial charge in [0.1, 0.15) is 0 Å². The molecule has 2 N–H and O–H groups in total. The lowest BCUT2D eigenvalue weighted by Crippen LogP contribution is -2.36. The molecule has 0 amide bonds. The van der Waals surface area contributed by atoms with Crippen LogP contribution in [0.2, 0.25) is 0 Å². The van der Waals surface area contributed by atoms with Crippen LogP contribution >= 0.6 is 0 Å². The molecule has 17 heavy (non-hydrogen) atoms. The van der Waals surface area contributed by atoms with Gasteiger partial charge in [-0.3, -0.25) is 0 Å². The van der Waals surface area contributed by atoms with Crippen LogP contribution in [0.1, 0.15) is 30.1 Å². The number of benzene rings is 1. The van der Waals surface area contributed by atoms with Crippen molar-refractivity contribution in [2.75, 3.05) is 14.1 Å². The second kappa shape index (κ2) is 4.17. The van der Waals surface area contributed by atoms with Crippen LogP contribution in [-0.2, 0) is 6.42 Å². The summed E-state index contributed by atoms with van der Waals surface area (Å²) in [6, 6.07) is 9.04. The van der Waals surface area contributed by atoms with Gasteiger partial charge in [-0.15, -0.1) is 0 Å². The summed E-state index contributed by atoms with van der Waals surface area (Å²) in [4.78, 5) is 3.58. The highest BCUT2D eigenvalue weighted by atomic mass is 15.5. The number of fused-ring (bicyclic) bond motifs is 3. The van der Waals surface area contributed by atoms with E-state index in [1.54, 1.807) is 0 Å². The molecule has 1 aliphatic rings. The fourth-order valence-corrected chi connectivity index (χ4v) is 2.86. The summed E-state index contributed by atoms with van der Waals surface area (Å²) in [6.45, 7) is 0. The van der Waals surface area contributed by atoms with E-state index in [2.05, 4.69) is 48.8 Å². The summed E-state index contributed by atoms with van der Waals surface area (Å²) in [5, 5.41) is 3.44. The standard InChI is InChI=1S/C14H19N3/c1-17(2)16-13-9-5-7-11-10-6-3-4-8-12(10)15-14(11)13/h3-4,6,8,13,15-16H,5,7,9H2,1-2H3. The summed E-state index contributed by atoms with van der Waals surface area (Å²) >= 11 is 0. The Bertz CT molecular complexity index is 527. The number of rotatable bonds is 2. The molecular weight excluding hydrogens is 210 g/mol. The summed E-state index contributed by atoms with van der Waals surface area (Å²) in [7, 11) is 4.11. The largest absolute Gasteiger partial charge is 0.357 e. The molecule has 0 radical (unpaired) electrons. The minimum Gasteiger partial charge on any atom is -0.357 e. The van der Waals surface area contributed by atoms with Crippen molar-refractivity contribution in [3.63, 3.8) is 0 Å². The molecule has 0 fully saturated rings. The monoisotopic (exact) mass is 229 g/mol. The predicted molar refractivity (Wildman–Crippen MR) is 70.8 cm³/mol. The normalized spacial score (nSPS) is 19.8. The predicted octanol–water partition coefficient (Wildman–Crippen LogP) is 2.61. The maximum absolute atomic E-state index is 3.58. The number of H-pyrrole nitrogens is 1. The van der Waals surface area contributed by atoms with Gasteiger partial charge in [-0.25, -0.2) is 10.4 Å². The molecule has 3 nitrogen and oxygen atoms in total. The van der Waals surface area contributed by atoms with Crippen molar-refractivity contribution in [1.82, 2.24) is 15.4 Å². The van der Waals surface area contributed by atoms with Crippen LogP contribution < -0.4 is 5.43 Å². The highest BCUT2D eigenvalue weighted by Gasteiger charge is 2.24. The smallest absolute Gasteiger partial charge is 0.0617 e. The number of aryl methyl sites for hydroxylation is 1. The molecule has 1 aliphatic carbocycles. The van der Waals surface area contributed by atoms with Crippen molar-refractivity contribution >= 4 is 10.9 Å². The third kappa shape index (κ3) is 1.85. The van der Waals surface area contributed by atoms with E-state index in [1.165, 1.54) is 41.4 Å². The van der Waals surface area contributed by atoms with E-state index in [0.717, 1.165) is 0 Å². The fraction of sp³-hybridized carbons (Fsp3) is 0.429. The fourth-order valence-electron chi connectivity index (χ4n) is 2.86. The SMILES string of the molecule is CN(C)NC1CCCc2c1[nH]c1ccccc21. The molecule has 0 bridgehead atoms. The van der Waals surface area contributed by atoms with E-state index in [-0.39, 0.29) is 0 Å². The van der Waals surface area contributed by atoms with Gasteiger partial charge in [0.15, 0.2) is 0 Å². The van der Waals surface area contributed by atoms with Crippen molar-refractivity contribution in [2.45, 2.75) is 25.3 Å². The molecule has 0 spiro atoms. The first kappa shape index (κ1) is 10.8. The minimum atomic E-state index is 0.432. The van der Waals surface area contributed by atoms with E-state index >= 15 is 0 Å². The van der Waals surface area contributed by atoms with Crippen molar-refractivity contribution in [3.05, 3.63) is 35.5 Å². The summed E-state index contributed by atoms with van der Waals surface area (Å²) in [5.74, 6) is 0. The Morgan fingerprint density at radius 3 is 2.94 bits per heavy atom. The summed E-state index contributed by atoms with van der Waals surface area (Å²) < 4.78 is 0. The lowest BCUT2D eigenvalue weighted by Gasteiger charge is -2.26. The number of nitrogens with one attached hydrogen (secondary N) is 2. The highest BCUT2D eigenvalue weighted by molar-refractivity contribution is 5.85. The third-order valence-corrected chi connectivity index (χ3v) is 3.53. The first-order valence-electron chi connectivity index (χ1n) is 6.28. The Labute approximate surface area is 102 Å². The molecule has 1 atom stereocenters. The average Bonchev–Trinajstić information content (AvgIpc) is 2.68. The van der Waals surface area contributed by atoms with Crippen LogP contribution in [0.3, 0.4) is 0 Å². The second-order valence-corrected chi connectivity index (χ2v) is 5.03. The first-order chi connectivity index (χ1) is 8.25. The molecule has 2 aromatic rings. The molecule has 1 heterocycles. The average molecular weight is 229 g/mol. The van der Waals surface area contributed by atoms with Gasteiger partial charge in [-0.2, -0.15) is 0 Å². The number of hydrogen-bond acceptors (Lipinski definition) is 2. The van der Waals surface area contributed by atoms with E-state index in [0.29, 0.717) is 6.04 Å². The Kier molecular flexibility index (Phi) is 2.65. The van der Waals surface area contributed by atoms with Gasteiger partial charge in [0.25, 0.3) is 0 Å². The van der Waals surface area contributed by atoms with Crippen molar-refractivity contribution in [1.29, 1.82) is 0 Å². The van der Waals surface area contributed by atoms with Crippen molar-refractivity contribution in [2.24, 2.45) is 0 Å². The van der Waals surface area contributed by atoms with Gasteiger partial charge in [-0.1, -0.05) is 18.2 Å². The zero-order valence-corrected chi connectivity index (χ0v) is 10.5. The third-order valence-electron chi connectivity index (χ3n) is 3.53. The Hall–Kier alpha value is -1.32. The lowest BCUT2D eigenvalue weighted by molar-refractivity contribution is 0.226. The maximum atomic E-state index is 3.58. The summed E-state index contributed by atoms with van der Waals surface area (Å²) in [6.07, 6.45) is 3.67. The quantitative estimate of drug-likeness (QED) is 0.776. The lowest BCUT2D eigenvalue weighted by atomic mass is 9.92. The van der Waals surface area contributed by atoms with Crippen LogP contribution in [0.15, 0.2) is 24.3 Å². The Morgan fingerprint density at radius 1 is 1.29 bits per heavy atom. The van der Waals surface area contributed by atoms with Gasteiger partial charge in [0.2, 0.25) is 0 Å². The Morgan fingerprint density at radius 2 is 2.12 bits per heavy atom. The van der Waals surface area contributed by atoms with Crippen LogP contribution in [-0.4, -0.2) is 24.1 Å². The number of nitrogens with zero attached hydrogens (tertiary/aromatic N) is 1. The van der Waals surface area contributed by atoms with E-state index in [9.17, 15) is 0 Å². The summed E-state index contributed by atoms with van der Waals surface area (Å²) in [5.41, 5.74) is 7.66. The van der Waals surface area contributed by atoms with Gasteiger partial charge in [0.05, 0.1) is 6.04 Å². The first-order valence-corrected chi connectivity index (χ1v) is 6.28. The maximum Gasteiger partial charge on any atom is 0.0617 e. The molecule has 90 valence electrons.